The number of aliphatic hydroxyl groups is 1. The first-order chi connectivity index (χ1) is 9.15. The van der Waals surface area contributed by atoms with Gasteiger partial charge in [-0.15, -0.1) is 0 Å². The van der Waals surface area contributed by atoms with Crippen molar-refractivity contribution in [1.82, 2.24) is 10.3 Å². The fourth-order valence-electron chi connectivity index (χ4n) is 1.40. The molecule has 0 aliphatic carbocycles. The van der Waals surface area contributed by atoms with Crippen LogP contribution in [0.5, 0.6) is 0 Å². The highest BCUT2D eigenvalue weighted by Crippen LogP contribution is 2.15. The second kappa shape index (κ2) is 6.65. The maximum Gasteiger partial charge on any atom is 0.319 e. The van der Waals surface area contributed by atoms with Gasteiger partial charge in [0, 0.05) is 6.54 Å². The maximum atomic E-state index is 11.6. The Kier molecular flexibility index (Phi) is 4.89. The Bertz CT molecular complexity index is 530. The molecule has 0 saturated carbocycles. The number of nitrogens with zero attached hydrogens (tertiary/aromatic N) is 1. The third-order valence-electron chi connectivity index (χ3n) is 2.37. The summed E-state index contributed by atoms with van der Waals surface area (Å²) >= 11 is 4.72. The minimum Gasteiger partial charge on any atom is -0.387 e. The Hall–Kier alpha value is -1.44. The highest BCUT2D eigenvalue weighted by atomic mass is 79.9. The number of urea groups is 1. The smallest absolute Gasteiger partial charge is 0.319 e. The summed E-state index contributed by atoms with van der Waals surface area (Å²) in [5.74, 6) is 0. The van der Waals surface area contributed by atoms with Gasteiger partial charge in [-0.25, -0.2) is 9.78 Å². The zero-order valence-electron chi connectivity index (χ0n) is 9.84. The maximum absolute atomic E-state index is 11.6. The minimum atomic E-state index is -0.694. The number of hydrogen-bond donors (Lipinski definition) is 3. The first-order valence-corrected chi connectivity index (χ1v) is 7.25. The van der Waals surface area contributed by atoms with Crippen molar-refractivity contribution in [3.8, 4) is 0 Å². The van der Waals surface area contributed by atoms with Crippen LogP contribution in [0.3, 0.4) is 0 Å². The lowest BCUT2D eigenvalue weighted by Gasteiger charge is -2.11. The van der Waals surface area contributed by atoms with Gasteiger partial charge in [-0.1, -0.05) is 0 Å². The number of aromatic nitrogens is 1. The Labute approximate surface area is 122 Å². The molecule has 2 aromatic heterocycles. The second-order valence-electron chi connectivity index (χ2n) is 3.78. The van der Waals surface area contributed by atoms with Crippen LogP contribution in [0.15, 0.2) is 39.8 Å². The van der Waals surface area contributed by atoms with Crippen molar-refractivity contribution in [2.24, 2.45) is 0 Å². The van der Waals surface area contributed by atoms with E-state index >= 15 is 0 Å². The number of rotatable bonds is 4. The van der Waals surface area contributed by atoms with Gasteiger partial charge in [0.25, 0.3) is 0 Å². The van der Waals surface area contributed by atoms with Gasteiger partial charge in [-0.2, -0.15) is 11.3 Å². The fraction of sp³-hybridized carbons (Fsp3) is 0.167. The van der Waals surface area contributed by atoms with Crippen molar-refractivity contribution in [2.75, 3.05) is 11.9 Å². The third kappa shape index (κ3) is 4.30. The van der Waals surface area contributed by atoms with Crippen molar-refractivity contribution in [1.29, 1.82) is 0 Å². The topological polar surface area (TPSA) is 74.2 Å². The fourth-order valence-corrected chi connectivity index (χ4v) is 2.34. The van der Waals surface area contributed by atoms with Crippen LogP contribution in [0.4, 0.5) is 10.5 Å². The summed E-state index contributed by atoms with van der Waals surface area (Å²) in [6.07, 6.45) is 0.846. The lowest BCUT2D eigenvalue weighted by Crippen LogP contribution is -2.32. The molecule has 0 bridgehead atoms. The molecule has 1 atom stereocenters. The molecular weight excluding hydrogens is 330 g/mol. The summed E-state index contributed by atoms with van der Waals surface area (Å²) in [4.78, 5) is 15.6. The van der Waals surface area contributed by atoms with Gasteiger partial charge < -0.3 is 15.7 Å². The number of nitrogens with one attached hydrogen (secondary N) is 2. The Morgan fingerprint density at radius 1 is 1.47 bits per heavy atom. The number of pyridine rings is 1. The lowest BCUT2D eigenvalue weighted by atomic mass is 10.2. The van der Waals surface area contributed by atoms with E-state index in [1.54, 1.807) is 18.3 Å². The number of anilines is 1. The molecule has 100 valence electrons. The summed E-state index contributed by atoms with van der Waals surface area (Å²) in [6.45, 7) is 0.159. The SMILES string of the molecule is O=C(NCC(O)c1ccsc1)Nc1ccc(Br)nc1. The van der Waals surface area contributed by atoms with Gasteiger partial charge in [-0.05, 0) is 50.5 Å². The molecule has 0 spiro atoms. The molecule has 7 heteroatoms. The van der Waals surface area contributed by atoms with E-state index in [0.717, 1.165) is 5.56 Å². The van der Waals surface area contributed by atoms with Crippen LogP contribution in [0.2, 0.25) is 0 Å². The number of thiophene rings is 1. The molecule has 2 heterocycles. The van der Waals surface area contributed by atoms with Crippen molar-refractivity contribution in [2.45, 2.75) is 6.10 Å². The normalized spacial score (nSPS) is 11.9. The number of halogens is 1. The largest absolute Gasteiger partial charge is 0.387 e. The summed E-state index contributed by atoms with van der Waals surface area (Å²) in [6, 6.07) is 4.91. The molecule has 0 saturated heterocycles. The number of aliphatic hydroxyl groups excluding tert-OH is 1. The quantitative estimate of drug-likeness (QED) is 0.748. The predicted octanol–water partition coefficient (Wildman–Crippen LogP) is 2.76. The van der Waals surface area contributed by atoms with Gasteiger partial charge in [0.2, 0.25) is 0 Å². The molecular formula is C12H12BrN3O2S. The van der Waals surface area contributed by atoms with Crippen molar-refractivity contribution < 1.29 is 9.90 Å². The van der Waals surface area contributed by atoms with E-state index in [-0.39, 0.29) is 12.6 Å². The monoisotopic (exact) mass is 341 g/mol. The molecule has 0 aliphatic heterocycles. The molecule has 2 aromatic rings. The number of carbonyl (C=O) groups is 1. The number of amides is 2. The standard InChI is InChI=1S/C12H12BrN3O2S/c13-11-2-1-9(5-14-11)16-12(18)15-6-10(17)8-3-4-19-7-8/h1-5,7,10,17H,6H2,(H2,15,16,18). The molecule has 2 rings (SSSR count). The third-order valence-corrected chi connectivity index (χ3v) is 3.54. The molecule has 3 N–H and O–H groups in total. The average molecular weight is 342 g/mol. The summed E-state index contributed by atoms with van der Waals surface area (Å²) in [5.41, 5.74) is 1.39. The highest BCUT2D eigenvalue weighted by molar-refractivity contribution is 9.10. The van der Waals surface area contributed by atoms with Crippen molar-refractivity contribution >= 4 is 39.0 Å². The average Bonchev–Trinajstić information content (AvgIpc) is 2.93. The molecule has 0 fully saturated rings. The van der Waals surface area contributed by atoms with Gasteiger partial charge in [0.15, 0.2) is 0 Å². The van der Waals surface area contributed by atoms with Gasteiger partial charge in [0.1, 0.15) is 4.60 Å². The van der Waals surface area contributed by atoms with E-state index in [1.807, 2.05) is 16.8 Å². The molecule has 0 aromatic carbocycles. The lowest BCUT2D eigenvalue weighted by molar-refractivity contribution is 0.175. The van der Waals surface area contributed by atoms with Gasteiger partial charge >= 0.3 is 6.03 Å². The van der Waals surface area contributed by atoms with Crippen molar-refractivity contribution in [3.05, 3.63) is 45.3 Å². The van der Waals surface area contributed by atoms with Crippen LogP contribution in [0, 0.1) is 0 Å². The van der Waals surface area contributed by atoms with E-state index < -0.39 is 6.10 Å². The number of hydrogen-bond acceptors (Lipinski definition) is 4. The van der Waals surface area contributed by atoms with E-state index in [1.165, 1.54) is 11.3 Å². The first kappa shape index (κ1) is 14.0. The second-order valence-corrected chi connectivity index (χ2v) is 5.37. The van der Waals surface area contributed by atoms with E-state index in [2.05, 4.69) is 31.5 Å². The zero-order chi connectivity index (χ0) is 13.7. The molecule has 0 aliphatic rings. The van der Waals surface area contributed by atoms with Crippen LogP contribution < -0.4 is 10.6 Å². The summed E-state index contributed by atoms with van der Waals surface area (Å²) in [7, 11) is 0. The van der Waals surface area contributed by atoms with Gasteiger partial charge in [0.05, 0.1) is 18.0 Å². The van der Waals surface area contributed by atoms with Gasteiger partial charge in [-0.3, -0.25) is 0 Å². The molecule has 0 radical (unpaired) electrons. The Balaban J connectivity index is 1.80. The van der Waals surface area contributed by atoms with Crippen LogP contribution in [-0.2, 0) is 0 Å². The van der Waals surface area contributed by atoms with E-state index in [9.17, 15) is 9.90 Å². The summed E-state index contributed by atoms with van der Waals surface area (Å²) in [5, 5.41) is 18.8. The molecule has 1 unspecified atom stereocenters. The molecule has 2 amide bonds. The predicted molar refractivity (Wildman–Crippen MR) is 78.2 cm³/mol. The van der Waals surface area contributed by atoms with Crippen molar-refractivity contribution in [3.63, 3.8) is 0 Å². The Morgan fingerprint density at radius 3 is 2.95 bits per heavy atom. The summed E-state index contributed by atoms with van der Waals surface area (Å²) < 4.78 is 0.700. The van der Waals surface area contributed by atoms with Crippen LogP contribution in [0.1, 0.15) is 11.7 Å². The van der Waals surface area contributed by atoms with Crippen LogP contribution in [-0.4, -0.2) is 22.7 Å². The Morgan fingerprint density at radius 2 is 2.32 bits per heavy atom. The van der Waals surface area contributed by atoms with E-state index in [0.29, 0.717) is 10.3 Å². The van der Waals surface area contributed by atoms with Crippen LogP contribution in [0.25, 0.3) is 0 Å². The molecule has 19 heavy (non-hydrogen) atoms. The number of carbonyl (C=O) groups excluding carboxylic acids is 1. The minimum absolute atomic E-state index is 0.159. The first-order valence-electron chi connectivity index (χ1n) is 5.52. The molecule has 5 nitrogen and oxygen atoms in total. The highest BCUT2D eigenvalue weighted by Gasteiger charge is 2.09. The van der Waals surface area contributed by atoms with E-state index in [4.69, 9.17) is 0 Å². The van der Waals surface area contributed by atoms with Crippen LogP contribution >= 0.6 is 27.3 Å². The zero-order valence-corrected chi connectivity index (χ0v) is 12.2.